The van der Waals surface area contributed by atoms with Crippen LogP contribution < -0.4 is 0 Å². The lowest BCUT2D eigenvalue weighted by molar-refractivity contribution is -0.163. The number of aliphatic carboxylic acids is 1. The van der Waals surface area contributed by atoms with Crippen molar-refractivity contribution in [2.45, 2.75) is 38.1 Å². The topological polar surface area (TPSA) is 62.2 Å². The van der Waals surface area contributed by atoms with Crippen molar-refractivity contribution in [3.63, 3.8) is 0 Å². The Morgan fingerprint density at radius 3 is 2.70 bits per heavy atom. The van der Waals surface area contributed by atoms with Crippen LogP contribution in [-0.4, -0.2) is 79.1 Å². The van der Waals surface area contributed by atoms with Crippen LogP contribution in [0.3, 0.4) is 0 Å². The maximum atomic E-state index is 10.6. The molecule has 20 heavy (non-hydrogen) atoms. The van der Waals surface area contributed by atoms with Crippen LogP contribution in [0.15, 0.2) is 0 Å². The van der Waals surface area contributed by atoms with Crippen LogP contribution >= 0.6 is 0 Å². The highest BCUT2D eigenvalue weighted by molar-refractivity contribution is 5.66. The molecular weight excluding hydrogens is 260 g/mol. The van der Waals surface area contributed by atoms with Gasteiger partial charge in [-0.25, -0.2) is 0 Å². The van der Waals surface area contributed by atoms with Gasteiger partial charge in [0.2, 0.25) is 0 Å². The number of nitrogens with zero attached hydrogens (tertiary/aromatic N) is 2. The van der Waals surface area contributed by atoms with Crippen LogP contribution in [0.4, 0.5) is 0 Å². The molecule has 0 spiro atoms. The van der Waals surface area contributed by atoms with E-state index in [4.69, 9.17) is 14.6 Å². The summed E-state index contributed by atoms with van der Waals surface area (Å²) in [5.74, 6) is -1.33. The Kier molecular flexibility index (Phi) is 5.37. The first kappa shape index (κ1) is 15.7. The second-order valence-corrected chi connectivity index (χ2v) is 6.01. The standard InChI is InChI=1S/C14H26N2O4/c1-14(5-6-16-9-7-15(2)8-10-16)19-11-12(20-14)3-4-13(17)18/h12H,3-11H2,1-2H3,(H,17,18). The monoisotopic (exact) mass is 286 g/mol. The van der Waals surface area contributed by atoms with Gasteiger partial charge < -0.3 is 24.4 Å². The molecule has 0 bridgehead atoms. The van der Waals surface area contributed by atoms with Crippen LogP contribution in [0, 0.1) is 0 Å². The van der Waals surface area contributed by atoms with Gasteiger partial charge in [-0.1, -0.05) is 0 Å². The van der Waals surface area contributed by atoms with Gasteiger partial charge in [0.05, 0.1) is 12.7 Å². The number of carboxylic acids is 1. The number of piperazine rings is 1. The van der Waals surface area contributed by atoms with Crippen LogP contribution in [0.1, 0.15) is 26.2 Å². The van der Waals surface area contributed by atoms with Crippen molar-refractivity contribution >= 4 is 5.97 Å². The molecule has 6 nitrogen and oxygen atoms in total. The third kappa shape index (κ3) is 4.70. The number of likely N-dealkylation sites (N-methyl/N-ethyl adjacent to an activating group) is 1. The molecule has 0 aliphatic carbocycles. The molecule has 2 heterocycles. The molecule has 0 saturated carbocycles. The number of hydrogen-bond acceptors (Lipinski definition) is 5. The molecule has 0 aromatic heterocycles. The molecule has 6 heteroatoms. The molecular formula is C14H26N2O4. The normalized spacial score (nSPS) is 32.6. The fourth-order valence-electron chi connectivity index (χ4n) is 2.68. The Bertz CT molecular complexity index is 331. The first-order valence-corrected chi connectivity index (χ1v) is 7.41. The van der Waals surface area contributed by atoms with Crippen molar-refractivity contribution in [2.24, 2.45) is 0 Å². The highest BCUT2D eigenvalue weighted by Gasteiger charge is 2.37. The smallest absolute Gasteiger partial charge is 0.303 e. The van der Waals surface area contributed by atoms with Crippen LogP contribution in [-0.2, 0) is 14.3 Å². The Morgan fingerprint density at radius 2 is 2.05 bits per heavy atom. The van der Waals surface area contributed by atoms with Gasteiger partial charge in [-0.3, -0.25) is 4.79 Å². The van der Waals surface area contributed by atoms with E-state index in [2.05, 4.69) is 16.8 Å². The van der Waals surface area contributed by atoms with Crippen molar-refractivity contribution in [2.75, 3.05) is 46.4 Å². The fourth-order valence-corrected chi connectivity index (χ4v) is 2.68. The first-order chi connectivity index (χ1) is 9.47. The summed E-state index contributed by atoms with van der Waals surface area (Å²) >= 11 is 0. The molecule has 1 N–H and O–H groups in total. The Hall–Kier alpha value is -0.690. The van der Waals surface area contributed by atoms with E-state index >= 15 is 0 Å². The third-order valence-corrected chi connectivity index (χ3v) is 4.15. The lowest BCUT2D eigenvalue weighted by atomic mass is 10.2. The highest BCUT2D eigenvalue weighted by atomic mass is 16.7. The molecule has 2 rings (SSSR count). The summed E-state index contributed by atoms with van der Waals surface area (Å²) in [5.41, 5.74) is 0. The van der Waals surface area contributed by atoms with Gasteiger partial charge in [-0.2, -0.15) is 0 Å². The number of rotatable bonds is 6. The maximum absolute atomic E-state index is 10.6. The van der Waals surface area contributed by atoms with Crippen molar-refractivity contribution in [3.05, 3.63) is 0 Å². The van der Waals surface area contributed by atoms with E-state index in [0.717, 1.165) is 39.1 Å². The predicted molar refractivity (Wildman–Crippen MR) is 74.7 cm³/mol. The van der Waals surface area contributed by atoms with Gasteiger partial charge in [0, 0.05) is 45.6 Å². The van der Waals surface area contributed by atoms with E-state index in [9.17, 15) is 4.79 Å². The lowest BCUT2D eigenvalue weighted by Crippen LogP contribution is -2.46. The van der Waals surface area contributed by atoms with Gasteiger partial charge in [-0.15, -0.1) is 0 Å². The zero-order valence-electron chi connectivity index (χ0n) is 12.5. The minimum atomic E-state index is -0.778. The molecule has 2 unspecified atom stereocenters. The average molecular weight is 286 g/mol. The zero-order valence-corrected chi connectivity index (χ0v) is 12.5. The Balaban J connectivity index is 1.68. The average Bonchev–Trinajstić information content (AvgIpc) is 2.78. The summed E-state index contributed by atoms with van der Waals surface area (Å²) in [4.78, 5) is 15.3. The number of hydrogen-bond donors (Lipinski definition) is 1. The molecule has 116 valence electrons. The quantitative estimate of drug-likeness (QED) is 0.772. The van der Waals surface area contributed by atoms with Crippen molar-refractivity contribution in [1.82, 2.24) is 9.80 Å². The van der Waals surface area contributed by atoms with Gasteiger partial charge in [-0.05, 0) is 20.4 Å². The SMILES string of the molecule is CN1CCN(CCC2(C)OCC(CCC(=O)O)O2)CC1. The summed E-state index contributed by atoms with van der Waals surface area (Å²) in [7, 11) is 2.15. The largest absolute Gasteiger partial charge is 0.481 e. The van der Waals surface area contributed by atoms with Crippen molar-refractivity contribution in [3.8, 4) is 0 Å². The number of ether oxygens (including phenoxy) is 2. The van der Waals surface area contributed by atoms with Crippen LogP contribution in [0.2, 0.25) is 0 Å². The second kappa shape index (κ2) is 6.85. The second-order valence-electron chi connectivity index (χ2n) is 6.01. The first-order valence-electron chi connectivity index (χ1n) is 7.41. The summed E-state index contributed by atoms with van der Waals surface area (Å²) in [6, 6.07) is 0. The van der Waals surface area contributed by atoms with Gasteiger partial charge >= 0.3 is 5.97 Å². The Morgan fingerprint density at radius 1 is 1.35 bits per heavy atom. The molecule has 0 aromatic rings. The summed E-state index contributed by atoms with van der Waals surface area (Å²) in [6.07, 6.45) is 1.42. The van der Waals surface area contributed by atoms with E-state index in [1.807, 2.05) is 6.92 Å². The molecule has 0 aromatic carbocycles. The van der Waals surface area contributed by atoms with Crippen molar-refractivity contribution in [1.29, 1.82) is 0 Å². The molecule has 0 radical (unpaired) electrons. The Labute approximate surface area is 120 Å². The summed E-state index contributed by atoms with van der Waals surface area (Å²) in [6.45, 7) is 7.84. The molecule has 2 fully saturated rings. The number of carbonyl (C=O) groups is 1. The molecule has 2 saturated heterocycles. The van der Waals surface area contributed by atoms with Gasteiger partial charge in [0.1, 0.15) is 0 Å². The maximum Gasteiger partial charge on any atom is 0.303 e. The van der Waals surface area contributed by atoms with E-state index in [1.54, 1.807) is 0 Å². The minimum absolute atomic E-state index is 0.0800. The van der Waals surface area contributed by atoms with E-state index in [-0.39, 0.29) is 12.5 Å². The fraction of sp³-hybridized carbons (Fsp3) is 0.929. The van der Waals surface area contributed by atoms with E-state index < -0.39 is 11.8 Å². The number of carboxylic acid groups (broad SMARTS) is 1. The summed E-state index contributed by atoms with van der Waals surface area (Å²) in [5, 5.41) is 8.69. The molecule has 2 aliphatic rings. The van der Waals surface area contributed by atoms with Crippen LogP contribution in [0.5, 0.6) is 0 Å². The summed E-state index contributed by atoms with van der Waals surface area (Å²) < 4.78 is 11.6. The molecule has 2 aliphatic heterocycles. The van der Waals surface area contributed by atoms with Crippen molar-refractivity contribution < 1.29 is 19.4 Å². The third-order valence-electron chi connectivity index (χ3n) is 4.15. The molecule has 0 amide bonds. The zero-order chi connectivity index (χ0) is 14.6. The van der Waals surface area contributed by atoms with E-state index in [1.165, 1.54) is 0 Å². The lowest BCUT2D eigenvalue weighted by Gasteiger charge is -2.34. The van der Waals surface area contributed by atoms with Crippen LogP contribution in [0.25, 0.3) is 0 Å². The van der Waals surface area contributed by atoms with Gasteiger partial charge in [0.15, 0.2) is 5.79 Å². The van der Waals surface area contributed by atoms with E-state index in [0.29, 0.717) is 13.0 Å². The van der Waals surface area contributed by atoms with Gasteiger partial charge in [0.25, 0.3) is 0 Å². The minimum Gasteiger partial charge on any atom is -0.481 e. The molecule has 2 atom stereocenters. The highest BCUT2D eigenvalue weighted by Crippen LogP contribution is 2.29. The predicted octanol–water partition coefficient (Wildman–Crippen LogP) is 0.620.